The van der Waals surface area contributed by atoms with Crippen LogP contribution in [0.5, 0.6) is 5.75 Å². The van der Waals surface area contributed by atoms with Crippen molar-refractivity contribution < 1.29 is 24.2 Å². The largest absolute Gasteiger partial charge is 0.497 e. The van der Waals surface area contributed by atoms with E-state index in [9.17, 15) is 9.59 Å². The normalized spacial score (nSPS) is 20.6. The minimum Gasteiger partial charge on any atom is -0.497 e. The second-order valence-electron chi connectivity index (χ2n) is 13.5. The lowest BCUT2D eigenvalue weighted by Crippen LogP contribution is -2.37. The number of halogens is 1. The summed E-state index contributed by atoms with van der Waals surface area (Å²) < 4.78 is 11.2. The van der Waals surface area contributed by atoms with Crippen molar-refractivity contribution in [1.29, 1.82) is 0 Å². The van der Waals surface area contributed by atoms with Crippen molar-refractivity contribution in [3.8, 4) is 5.75 Å². The predicted molar refractivity (Wildman–Crippen MR) is 182 cm³/mol. The van der Waals surface area contributed by atoms with E-state index in [0.29, 0.717) is 30.1 Å². The number of carbonyl (C=O) groups excluding carboxylic acids is 1. The molecule has 248 valence electrons. The number of methoxy groups -OCH3 is 1. The van der Waals surface area contributed by atoms with E-state index < -0.39 is 5.97 Å². The van der Waals surface area contributed by atoms with Crippen LogP contribution in [0.1, 0.15) is 90.3 Å². The molecule has 1 fully saturated rings. The van der Waals surface area contributed by atoms with Gasteiger partial charge in [-0.3, -0.25) is 9.59 Å². The number of benzene rings is 2. The summed E-state index contributed by atoms with van der Waals surface area (Å²) in [6.07, 6.45) is 6.63. The van der Waals surface area contributed by atoms with Gasteiger partial charge in [0.2, 0.25) is 0 Å². The maximum absolute atomic E-state index is 12.7. The topological polar surface area (TPSA) is 98.9 Å². The SMILES string of the molecule is COc1ccc(C[C@H](C)C[C@H](C)C(=O)O[C@@H]2C[C@H](C)CC[C@H]2C(C)C)cc1.Cc1ccc(C[C@H](N)C[C@H](C)C(=O)O)cc1.Cl. The first kappa shape index (κ1) is 39.5. The zero-order chi connectivity index (χ0) is 32.1. The van der Waals surface area contributed by atoms with Crippen molar-refractivity contribution in [3.05, 3.63) is 65.2 Å². The molecule has 0 unspecified atom stereocenters. The lowest BCUT2D eigenvalue weighted by molar-refractivity contribution is -0.161. The van der Waals surface area contributed by atoms with Gasteiger partial charge in [0.05, 0.1) is 18.9 Å². The highest BCUT2D eigenvalue weighted by atomic mass is 35.5. The van der Waals surface area contributed by atoms with Crippen LogP contribution in [0.25, 0.3) is 0 Å². The van der Waals surface area contributed by atoms with E-state index >= 15 is 0 Å². The fourth-order valence-corrected chi connectivity index (χ4v) is 6.13. The van der Waals surface area contributed by atoms with Crippen molar-refractivity contribution >= 4 is 24.3 Å². The molecule has 0 amide bonds. The van der Waals surface area contributed by atoms with E-state index in [1.807, 2.05) is 50.2 Å². The van der Waals surface area contributed by atoms with Crippen molar-refractivity contribution in [2.24, 2.45) is 41.2 Å². The smallest absolute Gasteiger partial charge is 0.308 e. The number of carboxylic acids is 1. The summed E-state index contributed by atoms with van der Waals surface area (Å²) in [6, 6.07) is 16.3. The summed E-state index contributed by atoms with van der Waals surface area (Å²) in [6.45, 7) is 14.7. The molecule has 2 aromatic rings. The van der Waals surface area contributed by atoms with Gasteiger partial charge in [-0.15, -0.1) is 12.4 Å². The molecule has 0 saturated heterocycles. The van der Waals surface area contributed by atoms with Gasteiger partial charge < -0.3 is 20.3 Å². The summed E-state index contributed by atoms with van der Waals surface area (Å²) in [5, 5.41) is 8.78. The molecule has 0 radical (unpaired) electrons. The summed E-state index contributed by atoms with van der Waals surface area (Å²) in [5.74, 6) is 1.83. The number of nitrogens with two attached hydrogens (primary N) is 1. The van der Waals surface area contributed by atoms with Crippen LogP contribution in [0.3, 0.4) is 0 Å². The van der Waals surface area contributed by atoms with Crippen LogP contribution in [0.2, 0.25) is 0 Å². The molecule has 1 aliphatic carbocycles. The Balaban J connectivity index is 0.000000488. The highest BCUT2D eigenvalue weighted by Gasteiger charge is 2.34. The third-order valence-electron chi connectivity index (χ3n) is 8.83. The molecule has 2 aromatic carbocycles. The Kier molecular flexibility index (Phi) is 17.7. The third kappa shape index (κ3) is 14.0. The Morgan fingerprint density at radius 2 is 1.45 bits per heavy atom. The molecule has 0 aromatic heterocycles. The molecule has 7 atom stereocenters. The van der Waals surface area contributed by atoms with Gasteiger partial charge in [0.15, 0.2) is 0 Å². The van der Waals surface area contributed by atoms with Crippen LogP contribution in [-0.2, 0) is 27.2 Å². The van der Waals surface area contributed by atoms with E-state index in [0.717, 1.165) is 37.0 Å². The van der Waals surface area contributed by atoms with Crippen LogP contribution in [0, 0.1) is 42.4 Å². The van der Waals surface area contributed by atoms with Crippen molar-refractivity contribution in [2.45, 2.75) is 106 Å². The first-order chi connectivity index (χ1) is 20.3. The van der Waals surface area contributed by atoms with Crippen LogP contribution in [-0.4, -0.2) is 36.3 Å². The van der Waals surface area contributed by atoms with Crippen LogP contribution in [0.15, 0.2) is 48.5 Å². The van der Waals surface area contributed by atoms with Crippen LogP contribution < -0.4 is 10.5 Å². The number of hydrogen-bond donors (Lipinski definition) is 2. The van der Waals surface area contributed by atoms with Crippen molar-refractivity contribution in [3.63, 3.8) is 0 Å². The Labute approximate surface area is 272 Å². The Bertz CT molecular complexity index is 1100. The van der Waals surface area contributed by atoms with Gasteiger partial charge in [-0.25, -0.2) is 0 Å². The Morgan fingerprint density at radius 3 is 2.00 bits per heavy atom. The molecule has 44 heavy (non-hydrogen) atoms. The molecule has 7 heteroatoms. The molecule has 0 aliphatic heterocycles. The fourth-order valence-electron chi connectivity index (χ4n) is 6.13. The number of carbonyl (C=O) groups is 2. The monoisotopic (exact) mass is 631 g/mol. The van der Waals surface area contributed by atoms with Gasteiger partial charge in [0.25, 0.3) is 0 Å². The Morgan fingerprint density at radius 1 is 0.886 bits per heavy atom. The molecular weight excluding hydrogens is 574 g/mol. The van der Waals surface area contributed by atoms with Gasteiger partial charge in [0, 0.05) is 6.04 Å². The molecule has 0 heterocycles. The minimum atomic E-state index is -0.778. The van der Waals surface area contributed by atoms with Gasteiger partial charge in [-0.2, -0.15) is 0 Å². The minimum absolute atomic E-state index is 0. The van der Waals surface area contributed by atoms with Gasteiger partial charge in [0.1, 0.15) is 11.9 Å². The lowest BCUT2D eigenvalue weighted by atomic mass is 9.75. The number of rotatable bonds is 13. The fraction of sp³-hybridized carbons (Fsp3) is 0.622. The van der Waals surface area contributed by atoms with E-state index in [-0.39, 0.29) is 42.4 Å². The quantitative estimate of drug-likeness (QED) is 0.216. The number of esters is 1. The van der Waals surface area contributed by atoms with Crippen LogP contribution >= 0.6 is 12.4 Å². The summed E-state index contributed by atoms with van der Waals surface area (Å²) in [7, 11) is 1.68. The predicted octanol–water partition coefficient (Wildman–Crippen LogP) is 8.30. The summed E-state index contributed by atoms with van der Waals surface area (Å²) in [5.41, 5.74) is 9.58. The van der Waals surface area contributed by atoms with Crippen LogP contribution in [0.4, 0.5) is 0 Å². The number of aryl methyl sites for hydroxylation is 1. The number of carboxylic acid groups (broad SMARTS) is 1. The zero-order valence-electron chi connectivity index (χ0n) is 28.3. The van der Waals surface area contributed by atoms with Gasteiger partial charge in [-0.1, -0.05) is 89.9 Å². The molecular formula is C37H58ClNO5. The van der Waals surface area contributed by atoms with Crippen molar-refractivity contribution in [1.82, 2.24) is 0 Å². The second-order valence-corrected chi connectivity index (χ2v) is 13.5. The molecule has 1 aliphatic rings. The van der Waals surface area contributed by atoms with E-state index in [1.54, 1.807) is 14.0 Å². The maximum atomic E-state index is 12.7. The lowest BCUT2D eigenvalue weighted by Gasteiger charge is -2.37. The zero-order valence-corrected chi connectivity index (χ0v) is 29.1. The second kappa shape index (κ2) is 19.7. The maximum Gasteiger partial charge on any atom is 0.308 e. The van der Waals surface area contributed by atoms with Gasteiger partial charge in [-0.05, 0) is 92.4 Å². The van der Waals surface area contributed by atoms with E-state index in [1.165, 1.54) is 24.0 Å². The molecule has 0 bridgehead atoms. The number of ether oxygens (including phenoxy) is 2. The third-order valence-corrected chi connectivity index (χ3v) is 8.83. The first-order valence-electron chi connectivity index (χ1n) is 16.2. The average Bonchev–Trinajstić information content (AvgIpc) is 2.94. The number of hydrogen-bond acceptors (Lipinski definition) is 5. The molecule has 6 nitrogen and oxygen atoms in total. The standard InChI is InChI=1S/C24H38O3.C13H19NO2.ClH/c1-16(2)22-12-7-17(3)15-23(22)27-24(25)19(5)13-18(4)14-20-8-10-21(26-6)11-9-20;1-9-3-5-11(6-4-9)8-12(14)7-10(2)13(15)16;/h8-11,16-19,22-23H,7,12-15H2,1-6H3;3-6,10,12H,7-8,14H2,1-2H3,(H,15,16);1H/t17-,18-,19+,22+,23-;10-,12+;/m10./s1. The Hall–Kier alpha value is -2.57. The summed E-state index contributed by atoms with van der Waals surface area (Å²) >= 11 is 0. The summed E-state index contributed by atoms with van der Waals surface area (Å²) in [4.78, 5) is 23.4. The average molecular weight is 632 g/mol. The van der Waals surface area contributed by atoms with E-state index in [4.69, 9.17) is 20.3 Å². The highest BCUT2D eigenvalue weighted by Crippen LogP contribution is 2.36. The molecule has 3 N–H and O–H groups in total. The first-order valence-corrected chi connectivity index (χ1v) is 16.2. The highest BCUT2D eigenvalue weighted by molar-refractivity contribution is 5.85. The number of aliphatic carboxylic acids is 1. The van der Waals surface area contributed by atoms with Crippen molar-refractivity contribution in [2.75, 3.05) is 7.11 Å². The van der Waals surface area contributed by atoms with Gasteiger partial charge >= 0.3 is 11.9 Å². The molecule has 0 spiro atoms. The van der Waals surface area contributed by atoms with E-state index in [2.05, 4.69) is 39.8 Å². The molecule has 1 saturated carbocycles. The molecule has 3 rings (SSSR count).